The zero-order chi connectivity index (χ0) is 23.0. The van der Waals surface area contributed by atoms with Crippen molar-refractivity contribution < 1.29 is 19.0 Å². The Morgan fingerprint density at radius 1 is 1.41 bits per heavy atom. The number of halogens is 3. The molecule has 2 aliphatic heterocycles. The second-order valence-corrected chi connectivity index (χ2v) is 9.18. The minimum atomic E-state index is -0.993. The Morgan fingerprint density at radius 3 is 2.72 bits per heavy atom. The van der Waals surface area contributed by atoms with E-state index in [9.17, 15) is 15.2 Å². The number of likely N-dealkylation sites (N-methyl/N-ethyl adjacent to an activating group) is 1. The molecule has 0 unspecified atom stereocenters. The number of fused-ring (bicyclic) bond motifs is 1. The number of benzene rings is 1. The van der Waals surface area contributed by atoms with E-state index in [-0.39, 0.29) is 45.6 Å². The normalized spacial score (nSPS) is 19.4. The topological polar surface area (TPSA) is 92.9 Å². The van der Waals surface area contributed by atoms with Crippen LogP contribution in [-0.2, 0) is 0 Å². The van der Waals surface area contributed by atoms with E-state index in [1.165, 1.54) is 4.90 Å². The molecule has 8 nitrogen and oxygen atoms in total. The van der Waals surface area contributed by atoms with Crippen LogP contribution in [0, 0.1) is 17.1 Å². The van der Waals surface area contributed by atoms with Crippen molar-refractivity contribution in [2.75, 3.05) is 51.3 Å². The number of hydrogen-bond acceptors (Lipinski definition) is 6. The quantitative estimate of drug-likeness (QED) is 0.603. The summed E-state index contributed by atoms with van der Waals surface area (Å²) in [5.74, 6) is -0.561. The van der Waals surface area contributed by atoms with Crippen molar-refractivity contribution in [2.24, 2.45) is 0 Å². The van der Waals surface area contributed by atoms with Crippen molar-refractivity contribution in [3.63, 3.8) is 0 Å². The molecule has 0 saturated carbocycles. The number of rotatable bonds is 4. The predicted octanol–water partition coefficient (Wildman–Crippen LogP) is 3.93. The summed E-state index contributed by atoms with van der Waals surface area (Å²) in [4.78, 5) is 21.0. The maximum absolute atomic E-state index is 15.1. The molecule has 0 bridgehead atoms. The van der Waals surface area contributed by atoms with Gasteiger partial charge in [0.15, 0.2) is 5.82 Å². The van der Waals surface area contributed by atoms with E-state index in [1.807, 2.05) is 11.9 Å². The number of hydrogen-bond donors (Lipinski definition) is 1. The van der Waals surface area contributed by atoms with Crippen LogP contribution in [0.2, 0.25) is 5.02 Å². The summed E-state index contributed by atoms with van der Waals surface area (Å²) in [6, 6.07) is 3.95. The molecule has 1 N–H and O–H groups in total. The van der Waals surface area contributed by atoms with Gasteiger partial charge < -0.3 is 24.5 Å². The number of anilines is 1. The summed E-state index contributed by atoms with van der Waals surface area (Å²) in [6.07, 6.45) is 1.05. The smallest absolute Gasteiger partial charge is 0.407 e. The zero-order valence-electron chi connectivity index (χ0n) is 17.4. The minimum absolute atomic E-state index is 0.0470. The highest BCUT2D eigenvalue weighted by Crippen LogP contribution is 2.41. The highest BCUT2D eigenvalue weighted by molar-refractivity contribution is 9.10. The van der Waals surface area contributed by atoms with Crippen molar-refractivity contribution in [3.05, 3.63) is 26.9 Å². The molecule has 2 aromatic rings. The fourth-order valence-electron chi connectivity index (χ4n) is 4.29. The molecule has 11 heteroatoms. The van der Waals surface area contributed by atoms with E-state index in [2.05, 4.69) is 31.9 Å². The van der Waals surface area contributed by atoms with Gasteiger partial charge in [0.1, 0.15) is 23.8 Å². The maximum atomic E-state index is 15.1. The molecule has 170 valence electrons. The Kier molecular flexibility index (Phi) is 6.60. The first-order valence-corrected chi connectivity index (χ1v) is 11.5. The largest absolute Gasteiger partial charge is 0.475 e. The molecule has 1 atom stereocenters. The number of carbonyl (C=O) groups is 1. The molecule has 1 aromatic heterocycles. The average Bonchev–Trinajstić information content (AvgIpc) is 3.20. The lowest BCUT2D eigenvalue weighted by molar-refractivity contribution is 0.142. The second-order valence-electron chi connectivity index (χ2n) is 7.98. The summed E-state index contributed by atoms with van der Waals surface area (Å²) < 4.78 is 21.2. The van der Waals surface area contributed by atoms with Gasteiger partial charge in [-0.3, -0.25) is 0 Å². The molecule has 2 aliphatic rings. The van der Waals surface area contributed by atoms with Gasteiger partial charge in [0.05, 0.1) is 15.2 Å². The molecule has 3 heterocycles. The third-order valence-electron chi connectivity index (χ3n) is 6.12. The molecule has 0 spiro atoms. The number of nitriles is 1. The van der Waals surface area contributed by atoms with Crippen LogP contribution in [0.25, 0.3) is 10.9 Å². The Bertz CT molecular complexity index is 1100. The van der Waals surface area contributed by atoms with E-state index in [0.29, 0.717) is 30.8 Å². The Balaban J connectivity index is 1.80. The Labute approximate surface area is 198 Å². The van der Waals surface area contributed by atoms with E-state index >= 15 is 4.39 Å². The Hall–Kier alpha value is -2.35. The van der Waals surface area contributed by atoms with Crippen LogP contribution < -0.4 is 9.64 Å². The fraction of sp³-hybridized carbons (Fsp3) is 0.476. The Morgan fingerprint density at radius 2 is 2.12 bits per heavy atom. The minimum Gasteiger partial charge on any atom is -0.475 e. The number of carboxylic acid groups (broad SMARTS) is 1. The van der Waals surface area contributed by atoms with Gasteiger partial charge >= 0.3 is 6.09 Å². The van der Waals surface area contributed by atoms with Gasteiger partial charge in [0.25, 0.3) is 0 Å². The van der Waals surface area contributed by atoms with E-state index in [4.69, 9.17) is 16.3 Å². The van der Waals surface area contributed by atoms with Crippen molar-refractivity contribution in [1.82, 2.24) is 14.8 Å². The summed E-state index contributed by atoms with van der Waals surface area (Å²) in [5.41, 5.74) is 0.705. The van der Waals surface area contributed by atoms with E-state index in [1.54, 1.807) is 6.07 Å². The molecule has 1 amide bonds. The van der Waals surface area contributed by atoms with Crippen LogP contribution in [0.1, 0.15) is 18.4 Å². The zero-order valence-corrected chi connectivity index (χ0v) is 19.8. The lowest BCUT2D eigenvalue weighted by atomic mass is 10.1. The van der Waals surface area contributed by atoms with Crippen LogP contribution in [0.5, 0.6) is 5.88 Å². The number of nitrogens with zero attached hydrogens (tertiary/aromatic N) is 5. The van der Waals surface area contributed by atoms with Crippen molar-refractivity contribution in [1.29, 1.82) is 5.26 Å². The molecule has 4 rings (SSSR count). The number of pyridine rings is 1. The molecule has 0 radical (unpaired) electrons. The summed E-state index contributed by atoms with van der Waals surface area (Å²) in [6.45, 7) is 2.54. The lowest BCUT2D eigenvalue weighted by Crippen LogP contribution is -2.48. The summed E-state index contributed by atoms with van der Waals surface area (Å²) in [7, 11) is 2.02. The number of likely N-dealkylation sites (tertiary alicyclic amines) is 1. The number of ether oxygens (including phenoxy) is 1. The summed E-state index contributed by atoms with van der Waals surface area (Å²) >= 11 is 9.39. The number of aromatic nitrogens is 1. The lowest BCUT2D eigenvalue weighted by Gasteiger charge is -2.35. The number of piperazine rings is 1. The third-order valence-corrected chi connectivity index (χ3v) is 7.42. The van der Waals surface area contributed by atoms with Gasteiger partial charge in [-0.2, -0.15) is 5.26 Å². The third kappa shape index (κ3) is 4.17. The van der Waals surface area contributed by atoms with Gasteiger partial charge in [-0.25, -0.2) is 14.2 Å². The van der Waals surface area contributed by atoms with Crippen molar-refractivity contribution >= 4 is 50.2 Å². The molecule has 32 heavy (non-hydrogen) atoms. The molecule has 1 aromatic carbocycles. The average molecular weight is 527 g/mol. The predicted molar refractivity (Wildman–Crippen MR) is 122 cm³/mol. The van der Waals surface area contributed by atoms with E-state index in [0.717, 1.165) is 19.4 Å². The second kappa shape index (κ2) is 9.25. The van der Waals surface area contributed by atoms with Gasteiger partial charge in [0.2, 0.25) is 5.88 Å². The van der Waals surface area contributed by atoms with Crippen LogP contribution >= 0.6 is 27.5 Å². The molecule has 0 aliphatic carbocycles. The first-order chi connectivity index (χ1) is 15.3. The van der Waals surface area contributed by atoms with Crippen molar-refractivity contribution in [3.8, 4) is 11.9 Å². The highest BCUT2D eigenvalue weighted by Gasteiger charge is 2.29. The highest BCUT2D eigenvalue weighted by atomic mass is 79.9. The maximum Gasteiger partial charge on any atom is 0.407 e. The molecule has 2 fully saturated rings. The van der Waals surface area contributed by atoms with Crippen LogP contribution in [0.15, 0.2) is 10.5 Å². The van der Waals surface area contributed by atoms with Crippen LogP contribution in [0.4, 0.5) is 14.9 Å². The first kappa shape index (κ1) is 22.8. The first-order valence-electron chi connectivity index (χ1n) is 10.3. The number of amides is 1. The van der Waals surface area contributed by atoms with E-state index < -0.39 is 11.9 Å². The fourth-order valence-corrected chi connectivity index (χ4v) is 4.78. The van der Waals surface area contributed by atoms with Crippen LogP contribution in [-0.4, -0.2) is 78.4 Å². The van der Waals surface area contributed by atoms with Gasteiger partial charge in [-0.15, -0.1) is 0 Å². The van der Waals surface area contributed by atoms with Gasteiger partial charge in [-0.05, 0) is 48.4 Å². The van der Waals surface area contributed by atoms with Gasteiger partial charge in [-0.1, -0.05) is 11.6 Å². The molecular weight excluding hydrogens is 505 g/mol. The monoisotopic (exact) mass is 525 g/mol. The SMILES string of the molecule is CN1CCC[C@H]1COc1nc2c(F)c(Br)c(Cl)cc2c(N2CCN(C(=O)O)CC2)c1C#N. The standard InChI is InChI=1S/C21H22BrClFN5O3/c1-27-4-2-3-12(27)11-32-20-14(10-25)19(28-5-7-29(8-6-28)21(30)31)13-9-15(23)16(22)17(24)18(13)26-20/h9,12H,2-8,11H2,1H3,(H,30,31)/t12-/m0/s1. The molecular formula is C21H22BrClFN5O3. The molecule has 2 saturated heterocycles. The summed E-state index contributed by atoms with van der Waals surface area (Å²) in [5, 5.41) is 19.8. The van der Waals surface area contributed by atoms with Gasteiger partial charge in [0, 0.05) is 37.6 Å². The van der Waals surface area contributed by atoms with Crippen molar-refractivity contribution in [2.45, 2.75) is 18.9 Å². The van der Waals surface area contributed by atoms with Crippen LogP contribution in [0.3, 0.4) is 0 Å².